The van der Waals surface area contributed by atoms with Gasteiger partial charge in [0.25, 0.3) is 0 Å². The molecule has 1 aliphatic carbocycles. The number of hydrogen-bond donors (Lipinski definition) is 1. The fraction of sp³-hybridized carbons (Fsp3) is 0.294. The van der Waals surface area contributed by atoms with Crippen LogP contribution in [0.4, 0.5) is 4.39 Å². The monoisotopic (exact) mass is 304 g/mol. The third-order valence-corrected chi connectivity index (χ3v) is 4.43. The summed E-state index contributed by atoms with van der Waals surface area (Å²) >= 11 is 1.32. The van der Waals surface area contributed by atoms with Gasteiger partial charge in [-0.1, -0.05) is 24.3 Å². The number of hydrogen-bond acceptors (Lipinski definition) is 3. The molecular formula is C17H17FO2S. The summed E-state index contributed by atoms with van der Waals surface area (Å²) in [4.78, 5) is 0.557. The summed E-state index contributed by atoms with van der Waals surface area (Å²) in [5, 5.41) is 10.2. The molecule has 2 nitrogen and oxygen atoms in total. The predicted octanol–water partition coefficient (Wildman–Crippen LogP) is 4.19. The maximum absolute atomic E-state index is 13.5. The molecule has 0 spiro atoms. The van der Waals surface area contributed by atoms with Crippen molar-refractivity contribution in [3.8, 4) is 5.75 Å². The van der Waals surface area contributed by atoms with E-state index >= 15 is 0 Å². The van der Waals surface area contributed by atoms with Gasteiger partial charge in [0.15, 0.2) is 0 Å². The van der Waals surface area contributed by atoms with Crippen molar-refractivity contribution in [2.75, 3.05) is 5.75 Å². The Balaban J connectivity index is 1.62. The second kappa shape index (κ2) is 6.50. The molecule has 0 aromatic heterocycles. The second-order valence-corrected chi connectivity index (χ2v) is 6.21. The van der Waals surface area contributed by atoms with Gasteiger partial charge in [0, 0.05) is 10.6 Å². The number of rotatable bonds is 6. The van der Waals surface area contributed by atoms with Gasteiger partial charge in [0.2, 0.25) is 0 Å². The Bertz CT molecular complexity index is 613. The molecule has 1 unspecified atom stereocenters. The highest BCUT2D eigenvalue weighted by molar-refractivity contribution is 7.99. The fourth-order valence-corrected chi connectivity index (χ4v) is 2.91. The standard InChI is InChI=1S/C17H17FO2S/c18-15-6-1-2-7-17(15)21-11-16(19)12-4-3-5-14(10-12)20-13-8-9-13/h1-7,10,13,16,19H,8-9,11H2. The molecule has 0 amide bonds. The van der Waals surface area contributed by atoms with Crippen LogP contribution in [-0.4, -0.2) is 17.0 Å². The van der Waals surface area contributed by atoms with E-state index in [0.29, 0.717) is 16.8 Å². The van der Waals surface area contributed by atoms with E-state index in [2.05, 4.69) is 0 Å². The topological polar surface area (TPSA) is 29.5 Å². The van der Waals surface area contributed by atoms with Crippen LogP contribution >= 0.6 is 11.8 Å². The van der Waals surface area contributed by atoms with Crippen molar-refractivity contribution in [2.24, 2.45) is 0 Å². The van der Waals surface area contributed by atoms with Crippen LogP contribution in [0.25, 0.3) is 0 Å². The van der Waals surface area contributed by atoms with E-state index in [1.54, 1.807) is 18.2 Å². The summed E-state index contributed by atoms with van der Waals surface area (Å²) in [5.74, 6) is 0.957. The minimum Gasteiger partial charge on any atom is -0.490 e. The Morgan fingerprint density at radius 1 is 1.19 bits per heavy atom. The molecule has 1 aliphatic rings. The van der Waals surface area contributed by atoms with Crippen LogP contribution in [0.3, 0.4) is 0 Å². The first-order chi connectivity index (χ1) is 10.2. The first-order valence-electron chi connectivity index (χ1n) is 7.04. The zero-order chi connectivity index (χ0) is 14.7. The molecule has 1 atom stereocenters. The largest absolute Gasteiger partial charge is 0.490 e. The van der Waals surface area contributed by atoms with Crippen LogP contribution in [0.5, 0.6) is 5.75 Å². The SMILES string of the molecule is OC(CSc1ccccc1F)c1cccc(OC2CC2)c1. The van der Waals surface area contributed by atoms with Gasteiger partial charge in [0.05, 0.1) is 12.2 Å². The van der Waals surface area contributed by atoms with E-state index in [9.17, 15) is 9.50 Å². The minimum atomic E-state index is -0.641. The Morgan fingerprint density at radius 3 is 2.76 bits per heavy atom. The van der Waals surface area contributed by atoms with E-state index < -0.39 is 6.10 Å². The van der Waals surface area contributed by atoms with Crippen LogP contribution in [-0.2, 0) is 0 Å². The molecular weight excluding hydrogens is 287 g/mol. The van der Waals surface area contributed by atoms with Gasteiger partial charge in [0.1, 0.15) is 11.6 Å². The maximum Gasteiger partial charge on any atom is 0.136 e. The first-order valence-corrected chi connectivity index (χ1v) is 8.03. The van der Waals surface area contributed by atoms with E-state index in [1.165, 1.54) is 17.8 Å². The van der Waals surface area contributed by atoms with Gasteiger partial charge in [-0.25, -0.2) is 4.39 Å². The first kappa shape index (κ1) is 14.4. The molecule has 4 heteroatoms. The number of benzene rings is 2. The molecule has 3 rings (SSSR count). The maximum atomic E-state index is 13.5. The lowest BCUT2D eigenvalue weighted by molar-refractivity contribution is 0.203. The number of thioether (sulfide) groups is 1. The molecule has 0 bridgehead atoms. The summed E-state index contributed by atoms with van der Waals surface area (Å²) < 4.78 is 19.3. The molecule has 0 saturated heterocycles. The van der Waals surface area contributed by atoms with Crippen LogP contribution in [0.1, 0.15) is 24.5 Å². The lowest BCUT2D eigenvalue weighted by atomic mass is 10.1. The Kier molecular flexibility index (Phi) is 4.46. The fourth-order valence-electron chi connectivity index (χ4n) is 2.00. The summed E-state index contributed by atoms with van der Waals surface area (Å²) in [6, 6.07) is 14.1. The molecule has 1 fully saturated rings. The molecule has 110 valence electrons. The van der Waals surface area contributed by atoms with Crippen molar-refractivity contribution in [1.29, 1.82) is 0 Å². The summed E-state index contributed by atoms with van der Waals surface area (Å²) in [6.45, 7) is 0. The van der Waals surface area contributed by atoms with Crippen LogP contribution in [0, 0.1) is 5.82 Å². The zero-order valence-electron chi connectivity index (χ0n) is 11.5. The van der Waals surface area contributed by atoms with E-state index in [0.717, 1.165) is 24.2 Å². The van der Waals surface area contributed by atoms with Crippen molar-refractivity contribution in [2.45, 2.75) is 29.9 Å². The molecule has 21 heavy (non-hydrogen) atoms. The summed E-state index contributed by atoms with van der Waals surface area (Å²) in [7, 11) is 0. The van der Waals surface area contributed by atoms with Crippen molar-refractivity contribution in [3.05, 3.63) is 59.9 Å². The predicted molar refractivity (Wildman–Crippen MR) is 82.2 cm³/mol. The number of aliphatic hydroxyl groups is 1. The lowest BCUT2D eigenvalue weighted by Gasteiger charge is -2.13. The minimum absolute atomic E-state index is 0.250. The van der Waals surface area contributed by atoms with Gasteiger partial charge < -0.3 is 9.84 Å². The van der Waals surface area contributed by atoms with E-state index in [4.69, 9.17) is 4.74 Å². The molecule has 1 saturated carbocycles. The Hall–Kier alpha value is -1.52. The van der Waals surface area contributed by atoms with Crippen LogP contribution < -0.4 is 4.74 Å². The van der Waals surface area contributed by atoms with Gasteiger partial charge in [-0.2, -0.15) is 0 Å². The Morgan fingerprint density at radius 2 is 2.00 bits per heavy atom. The highest BCUT2D eigenvalue weighted by Crippen LogP contribution is 2.30. The van der Waals surface area contributed by atoms with Crippen LogP contribution in [0.2, 0.25) is 0 Å². The Labute approximate surface area is 128 Å². The molecule has 2 aromatic rings. The van der Waals surface area contributed by atoms with Crippen molar-refractivity contribution in [3.63, 3.8) is 0 Å². The van der Waals surface area contributed by atoms with Gasteiger partial charge in [-0.3, -0.25) is 0 Å². The zero-order valence-corrected chi connectivity index (χ0v) is 12.4. The molecule has 1 N–H and O–H groups in total. The molecule has 0 heterocycles. The van der Waals surface area contributed by atoms with Gasteiger partial charge in [-0.05, 0) is 42.7 Å². The number of ether oxygens (including phenoxy) is 1. The smallest absolute Gasteiger partial charge is 0.136 e. The second-order valence-electron chi connectivity index (χ2n) is 5.15. The van der Waals surface area contributed by atoms with Crippen molar-refractivity contribution in [1.82, 2.24) is 0 Å². The molecule has 2 aromatic carbocycles. The van der Waals surface area contributed by atoms with Gasteiger partial charge in [-0.15, -0.1) is 11.8 Å². The third kappa shape index (κ3) is 3.99. The van der Waals surface area contributed by atoms with E-state index in [1.807, 2.05) is 24.3 Å². The highest BCUT2D eigenvalue weighted by Gasteiger charge is 2.23. The quantitative estimate of drug-likeness (QED) is 0.811. The lowest BCUT2D eigenvalue weighted by Crippen LogP contribution is -2.02. The molecule has 0 radical (unpaired) electrons. The summed E-state index contributed by atoms with van der Waals surface area (Å²) in [6.07, 6.45) is 1.91. The molecule has 0 aliphatic heterocycles. The number of halogens is 1. The average Bonchev–Trinajstić information content (AvgIpc) is 3.30. The average molecular weight is 304 g/mol. The van der Waals surface area contributed by atoms with Crippen molar-refractivity contribution >= 4 is 11.8 Å². The summed E-state index contributed by atoms with van der Waals surface area (Å²) in [5.41, 5.74) is 0.803. The third-order valence-electron chi connectivity index (χ3n) is 3.30. The van der Waals surface area contributed by atoms with Crippen LogP contribution in [0.15, 0.2) is 53.4 Å². The van der Waals surface area contributed by atoms with Gasteiger partial charge >= 0.3 is 0 Å². The highest BCUT2D eigenvalue weighted by atomic mass is 32.2. The van der Waals surface area contributed by atoms with E-state index in [-0.39, 0.29) is 5.82 Å². The normalized spacial score (nSPS) is 15.7. The van der Waals surface area contributed by atoms with Crippen molar-refractivity contribution < 1.29 is 14.2 Å². The number of aliphatic hydroxyl groups excluding tert-OH is 1.